The molecule has 0 saturated carbocycles. The predicted molar refractivity (Wildman–Crippen MR) is 201 cm³/mol. The molecule has 0 aromatic carbocycles. The molecule has 0 aliphatic heterocycles. The number of unbranched alkanes of at least 4 members (excludes halogenated alkanes) is 17. The van der Waals surface area contributed by atoms with Gasteiger partial charge < -0.3 is 18.9 Å². The van der Waals surface area contributed by atoms with Crippen molar-refractivity contribution in [2.45, 2.75) is 168 Å². The van der Waals surface area contributed by atoms with Crippen LogP contribution in [0, 0.1) is 0 Å². The van der Waals surface area contributed by atoms with Crippen molar-refractivity contribution in [3.05, 3.63) is 24.3 Å². The average Bonchev–Trinajstić information content (AvgIpc) is 3.04. The Morgan fingerprint density at radius 2 is 1.16 bits per heavy atom. The van der Waals surface area contributed by atoms with Crippen LogP contribution < -0.4 is 0 Å². The topological polar surface area (TPSA) is 108 Å². The number of nitrogens with zero attached hydrogens (tertiary/aromatic N) is 1. The van der Waals surface area contributed by atoms with Crippen LogP contribution in [-0.4, -0.2) is 74.9 Å². The first-order valence-corrected chi connectivity index (χ1v) is 21.1. The number of hydrogen-bond donors (Lipinski definition) is 1. The molecule has 1 N–H and O–H groups in total. The largest absolute Gasteiger partial charge is 0.472 e. The van der Waals surface area contributed by atoms with Crippen LogP contribution in [0.4, 0.5) is 0 Å². The van der Waals surface area contributed by atoms with Gasteiger partial charge in [0.25, 0.3) is 0 Å². The Morgan fingerprint density at radius 1 is 0.653 bits per heavy atom. The van der Waals surface area contributed by atoms with Gasteiger partial charge in [-0.15, -0.1) is 0 Å². The van der Waals surface area contributed by atoms with Gasteiger partial charge in [0.15, 0.2) is 6.10 Å². The Balaban J connectivity index is 4.43. The van der Waals surface area contributed by atoms with E-state index in [1.807, 2.05) is 21.1 Å². The van der Waals surface area contributed by atoms with Gasteiger partial charge in [-0.3, -0.25) is 18.6 Å². The predicted octanol–water partition coefficient (Wildman–Crippen LogP) is 10.4. The number of allylic oxidation sites excluding steroid dienone is 4. The minimum Gasteiger partial charge on any atom is -0.462 e. The molecule has 10 heteroatoms. The lowest BCUT2D eigenvalue weighted by atomic mass is 10.0. The summed E-state index contributed by atoms with van der Waals surface area (Å²) in [4.78, 5) is 35.2. The van der Waals surface area contributed by atoms with Crippen molar-refractivity contribution in [1.82, 2.24) is 0 Å². The third kappa shape index (κ3) is 36.1. The minimum absolute atomic E-state index is 0.0302. The molecule has 0 amide bonds. The summed E-state index contributed by atoms with van der Waals surface area (Å²) >= 11 is 0. The van der Waals surface area contributed by atoms with Crippen LogP contribution in [0.5, 0.6) is 0 Å². The molecule has 0 aromatic heterocycles. The zero-order chi connectivity index (χ0) is 36.5. The highest BCUT2D eigenvalue weighted by atomic mass is 31.2. The summed E-state index contributed by atoms with van der Waals surface area (Å²) < 4.78 is 34.1. The molecule has 0 bridgehead atoms. The number of hydrogen-bond acceptors (Lipinski definition) is 7. The van der Waals surface area contributed by atoms with Gasteiger partial charge in [0.05, 0.1) is 27.7 Å². The Kier molecular flexibility index (Phi) is 31.4. The molecule has 0 aliphatic rings. The molecular formula is C39H75NO8P+. The first-order chi connectivity index (χ1) is 23.5. The van der Waals surface area contributed by atoms with E-state index in [1.165, 1.54) is 64.2 Å². The fourth-order valence-corrected chi connectivity index (χ4v) is 5.91. The number of quaternary nitrogens is 1. The highest BCUT2D eigenvalue weighted by Gasteiger charge is 2.27. The highest BCUT2D eigenvalue weighted by molar-refractivity contribution is 7.47. The maximum absolute atomic E-state index is 12.6. The van der Waals surface area contributed by atoms with Crippen molar-refractivity contribution < 1.29 is 42.1 Å². The number of likely N-dealkylation sites (N-methyl/N-ethyl adjacent to an activating group) is 1. The second-order valence-electron chi connectivity index (χ2n) is 14.3. The van der Waals surface area contributed by atoms with E-state index in [0.29, 0.717) is 17.4 Å². The summed E-state index contributed by atoms with van der Waals surface area (Å²) in [5, 5.41) is 0. The molecule has 0 aromatic rings. The van der Waals surface area contributed by atoms with Crippen LogP contribution in [0.3, 0.4) is 0 Å². The Morgan fingerprint density at radius 3 is 1.71 bits per heavy atom. The van der Waals surface area contributed by atoms with E-state index in [-0.39, 0.29) is 32.0 Å². The smallest absolute Gasteiger partial charge is 0.462 e. The third-order valence-electron chi connectivity index (χ3n) is 8.25. The second kappa shape index (κ2) is 32.4. The van der Waals surface area contributed by atoms with Gasteiger partial charge in [0, 0.05) is 12.8 Å². The van der Waals surface area contributed by atoms with Crippen LogP contribution in [0.1, 0.15) is 162 Å². The molecule has 2 atom stereocenters. The lowest BCUT2D eigenvalue weighted by molar-refractivity contribution is -0.870. The minimum atomic E-state index is -4.37. The van der Waals surface area contributed by atoms with E-state index in [9.17, 15) is 19.0 Å². The van der Waals surface area contributed by atoms with E-state index in [1.54, 1.807) is 0 Å². The molecule has 288 valence electrons. The zero-order valence-electron chi connectivity index (χ0n) is 32.2. The van der Waals surface area contributed by atoms with Crippen molar-refractivity contribution in [2.24, 2.45) is 0 Å². The van der Waals surface area contributed by atoms with Crippen molar-refractivity contribution in [3.8, 4) is 0 Å². The summed E-state index contributed by atoms with van der Waals surface area (Å²) in [5.41, 5.74) is 0. The summed E-state index contributed by atoms with van der Waals surface area (Å²) in [5.74, 6) is -0.814. The van der Waals surface area contributed by atoms with Gasteiger partial charge in [0.2, 0.25) is 0 Å². The van der Waals surface area contributed by atoms with Crippen molar-refractivity contribution >= 4 is 19.8 Å². The Labute approximate surface area is 300 Å². The number of phosphoric ester groups is 1. The Hall–Kier alpha value is -1.51. The van der Waals surface area contributed by atoms with E-state index < -0.39 is 26.5 Å². The van der Waals surface area contributed by atoms with Crippen LogP contribution in [-0.2, 0) is 32.7 Å². The van der Waals surface area contributed by atoms with Gasteiger partial charge in [0.1, 0.15) is 19.8 Å². The van der Waals surface area contributed by atoms with Crippen molar-refractivity contribution in [1.29, 1.82) is 0 Å². The summed E-state index contributed by atoms with van der Waals surface area (Å²) in [7, 11) is 1.47. The van der Waals surface area contributed by atoms with Crippen LogP contribution in [0.25, 0.3) is 0 Å². The average molecular weight is 717 g/mol. The fraction of sp³-hybridized carbons (Fsp3) is 0.846. The van der Waals surface area contributed by atoms with Crippen LogP contribution >= 0.6 is 7.82 Å². The fourth-order valence-electron chi connectivity index (χ4n) is 5.17. The van der Waals surface area contributed by atoms with Gasteiger partial charge in [-0.25, -0.2) is 4.57 Å². The molecule has 0 aliphatic carbocycles. The van der Waals surface area contributed by atoms with Crippen molar-refractivity contribution in [2.75, 3.05) is 47.5 Å². The van der Waals surface area contributed by atoms with E-state index in [2.05, 4.69) is 38.2 Å². The number of ether oxygens (including phenoxy) is 2. The number of phosphoric acid groups is 1. The van der Waals surface area contributed by atoms with E-state index >= 15 is 0 Å². The van der Waals surface area contributed by atoms with Gasteiger partial charge in [-0.1, -0.05) is 134 Å². The molecule has 49 heavy (non-hydrogen) atoms. The number of carbonyl (C=O) groups is 2. The molecule has 0 fully saturated rings. The highest BCUT2D eigenvalue weighted by Crippen LogP contribution is 2.43. The lowest BCUT2D eigenvalue weighted by Crippen LogP contribution is -2.37. The third-order valence-corrected chi connectivity index (χ3v) is 9.23. The molecular weight excluding hydrogens is 641 g/mol. The lowest BCUT2D eigenvalue weighted by Gasteiger charge is -2.24. The molecule has 9 nitrogen and oxygen atoms in total. The maximum atomic E-state index is 12.6. The first-order valence-electron chi connectivity index (χ1n) is 19.6. The molecule has 1 unspecified atom stereocenters. The summed E-state index contributed by atoms with van der Waals surface area (Å²) in [6, 6.07) is 0. The van der Waals surface area contributed by atoms with Gasteiger partial charge in [-0.2, -0.15) is 0 Å². The molecule has 0 spiro atoms. The number of carbonyl (C=O) groups excluding carboxylic acids is 2. The monoisotopic (exact) mass is 717 g/mol. The molecule has 0 saturated heterocycles. The summed E-state index contributed by atoms with van der Waals surface area (Å²) in [6.07, 6.45) is 32.2. The standard InChI is InChI=1S/C39H74NO8P/c1-6-8-10-12-14-16-18-20-22-23-25-27-29-31-38(41)45-35-37(36-47-49(43,44)46-34-33-40(3,4)5)48-39(42)32-30-28-26-24-21-19-17-15-13-11-9-7-2/h9,11,15,17,37H,6-8,10,12-14,16,18-36H2,1-5H3/p+1/b11-9-,17-15-/t37-/m1/s1. The number of esters is 2. The first kappa shape index (κ1) is 47.5. The normalized spacial score (nSPS) is 14.0. The maximum Gasteiger partial charge on any atom is 0.472 e. The van der Waals surface area contributed by atoms with E-state index in [0.717, 1.165) is 64.2 Å². The molecule has 0 radical (unpaired) electrons. The molecule has 0 rings (SSSR count). The van der Waals surface area contributed by atoms with Gasteiger partial charge >= 0.3 is 19.8 Å². The number of rotatable bonds is 35. The Bertz CT molecular complexity index is 902. The zero-order valence-corrected chi connectivity index (χ0v) is 33.1. The van der Waals surface area contributed by atoms with Crippen LogP contribution in [0.2, 0.25) is 0 Å². The van der Waals surface area contributed by atoms with Gasteiger partial charge in [-0.05, 0) is 38.5 Å². The van der Waals surface area contributed by atoms with Crippen LogP contribution in [0.15, 0.2) is 24.3 Å². The van der Waals surface area contributed by atoms with E-state index in [4.69, 9.17) is 18.5 Å². The SMILES string of the molecule is CC/C=C\C/C=C\CCCCCCCC(=O)O[C@H](COC(=O)CCCCCCCCCCCCCCC)COP(=O)(O)OCC[N+](C)(C)C. The summed E-state index contributed by atoms with van der Waals surface area (Å²) in [6.45, 7) is 4.28. The molecule has 0 heterocycles. The van der Waals surface area contributed by atoms with Crippen molar-refractivity contribution in [3.63, 3.8) is 0 Å². The second-order valence-corrected chi connectivity index (χ2v) is 15.7. The quantitative estimate of drug-likeness (QED) is 0.0227.